The van der Waals surface area contributed by atoms with Crippen LogP contribution in [0.4, 0.5) is 0 Å². The van der Waals surface area contributed by atoms with Crippen molar-refractivity contribution >= 4 is 29.7 Å². The highest BCUT2D eigenvalue weighted by atomic mass is 32.2. The molecule has 1 saturated heterocycles. The van der Waals surface area contributed by atoms with Crippen LogP contribution in [0.1, 0.15) is 24.0 Å². The van der Waals surface area contributed by atoms with Crippen LogP contribution in [0.15, 0.2) is 30.3 Å². The molecule has 0 aliphatic carbocycles. The third-order valence-corrected chi connectivity index (χ3v) is 4.76. The summed E-state index contributed by atoms with van der Waals surface area (Å²) in [7, 11) is 1.83. The van der Waals surface area contributed by atoms with E-state index < -0.39 is 5.97 Å². The first kappa shape index (κ1) is 15.6. The van der Waals surface area contributed by atoms with Crippen molar-refractivity contribution in [1.82, 2.24) is 4.90 Å². The SMILES string of the molecule is CN(Cc1ccc(C=CC(=O)O)cc1)C(=O)C1CCCS1. The number of hydrogen-bond donors (Lipinski definition) is 1. The van der Waals surface area contributed by atoms with E-state index in [1.165, 1.54) is 0 Å². The van der Waals surface area contributed by atoms with E-state index in [1.54, 1.807) is 22.7 Å². The third-order valence-electron chi connectivity index (χ3n) is 3.40. The molecule has 1 aromatic rings. The highest BCUT2D eigenvalue weighted by Gasteiger charge is 2.25. The van der Waals surface area contributed by atoms with Gasteiger partial charge >= 0.3 is 5.97 Å². The van der Waals surface area contributed by atoms with Crippen LogP contribution in [0.25, 0.3) is 6.08 Å². The third kappa shape index (κ3) is 4.63. The lowest BCUT2D eigenvalue weighted by Gasteiger charge is -2.20. The van der Waals surface area contributed by atoms with Crippen molar-refractivity contribution in [1.29, 1.82) is 0 Å². The minimum atomic E-state index is -0.960. The van der Waals surface area contributed by atoms with E-state index in [0.29, 0.717) is 6.54 Å². The summed E-state index contributed by atoms with van der Waals surface area (Å²) < 4.78 is 0. The molecule has 21 heavy (non-hydrogen) atoms. The Morgan fingerprint density at radius 3 is 2.67 bits per heavy atom. The zero-order valence-corrected chi connectivity index (χ0v) is 12.8. The van der Waals surface area contributed by atoms with Gasteiger partial charge < -0.3 is 10.0 Å². The molecule has 1 unspecified atom stereocenters. The van der Waals surface area contributed by atoms with E-state index in [2.05, 4.69) is 0 Å². The maximum Gasteiger partial charge on any atom is 0.328 e. The monoisotopic (exact) mass is 305 g/mol. The zero-order valence-electron chi connectivity index (χ0n) is 12.0. The Kier molecular flexibility index (Phi) is 5.44. The number of carbonyl (C=O) groups is 2. The molecule has 1 aromatic carbocycles. The molecule has 5 heteroatoms. The highest BCUT2D eigenvalue weighted by molar-refractivity contribution is 8.00. The average molecular weight is 305 g/mol. The van der Waals surface area contributed by atoms with Gasteiger partial charge in [-0.05, 0) is 35.8 Å². The van der Waals surface area contributed by atoms with Crippen molar-refractivity contribution in [3.63, 3.8) is 0 Å². The zero-order chi connectivity index (χ0) is 15.2. The molecule has 0 saturated carbocycles. The van der Waals surface area contributed by atoms with Crippen LogP contribution in [0.2, 0.25) is 0 Å². The molecule has 1 fully saturated rings. The number of benzene rings is 1. The van der Waals surface area contributed by atoms with Crippen molar-refractivity contribution in [2.75, 3.05) is 12.8 Å². The molecule has 4 nitrogen and oxygen atoms in total. The van der Waals surface area contributed by atoms with Gasteiger partial charge in [0.25, 0.3) is 0 Å². The Morgan fingerprint density at radius 2 is 2.10 bits per heavy atom. The van der Waals surface area contributed by atoms with Gasteiger partial charge in [-0.2, -0.15) is 0 Å². The van der Waals surface area contributed by atoms with Crippen LogP contribution in [0.3, 0.4) is 0 Å². The second kappa shape index (κ2) is 7.31. The van der Waals surface area contributed by atoms with Crippen LogP contribution in [0.5, 0.6) is 0 Å². The lowest BCUT2D eigenvalue weighted by atomic mass is 10.1. The van der Waals surface area contributed by atoms with Gasteiger partial charge in [-0.15, -0.1) is 11.8 Å². The first-order valence-electron chi connectivity index (χ1n) is 6.93. The first-order chi connectivity index (χ1) is 10.1. The second-order valence-electron chi connectivity index (χ2n) is 5.11. The molecule has 1 atom stereocenters. The molecule has 112 valence electrons. The number of nitrogens with zero attached hydrogens (tertiary/aromatic N) is 1. The number of carbonyl (C=O) groups excluding carboxylic acids is 1. The van der Waals surface area contributed by atoms with Crippen molar-refractivity contribution in [3.05, 3.63) is 41.5 Å². The molecular formula is C16H19NO3S. The summed E-state index contributed by atoms with van der Waals surface area (Å²) in [5.74, 6) is 0.320. The van der Waals surface area contributed by atoms with Gasteiger partial charge in [-0.1, -0.05) is 24.3 Å². The molecule has 1 amide bonds. The molecule has 1 aliphatic heterocycles. The Labute approximate surface area is 128 Å². The van der Waals surface area contributed by atoms with Crippen molar-refractivity contribution < 1.29 is 14.7 Å². The molecule has 0 bridgehead atoms. The Hall–Kier alpha value is -1.75. The number of thioether (sulfide) groups is 1. The summed E-state index contributed by atoms with van der Waals surface area (Å²) in [4.78, 5) is 24.4. The summed E-state index contributed by atoms with van der Waals surface area (Å²) in [6.07, 6.45) is 4.77. The summed E-state index contributed by atoms with van der Waals surface area (Å²) in [5.41, 5.74) is 1.88. The quantitative estimate of drug-likeness (QED) is 0.850. The fourth-order valence-corrected chi connectivity index (χ4v) is 3.55. The first-order valence-corrected chi connectivity index (χ1v) is 7.97. The predicted molar refractivity (Wildman–Crippen MR) is 85.1 cm³/mol. The van der Waals surface area contributed by atoms with E-state index in [1.807, 2.05) is 31.3 Å². The van der Waals surface area contributed by atoms with Gasteiger partial charge in [0, 0.05) is 19.7 Å². The molecule has 0 aromatic heterocycles. The maximum atomic E-state index is 12.2. The lowest BCUT2D eigenvalue weighted by molar-refractivity contribution is -0.131. The number of hydrogen-bond acceptors (Lipinski definition) is 3. The maximum absolute atomic E-state index is 12.2. The molecule has 0 radical (unpaired) electrons. The van der Waals surface area contributed by atoms with Crippen LogP contribution < -0.4 is 0 Å². The second-order valence-corrected chi connectivity index (χ2v) is 6.42. The molecule has 1 heterocycles. The van der Waals surface area contributed by atoms with E-state index >= 15 is 0 Å². The van der Waals surface area contributed by atoms with E-state index in [-0.39, 0.29) is 11.2 Å². The van der Waals surface area contributed by atoms with E-state index in [9.17, 15) is 9.59 Å². The summed E-state index contributed by atoms with van der Waals surface area (Å²) in [5, 5.41) is 8.70. The number of carboxylic acids is 1. The predicted octanol–water partition coefficient (Wildman–Crippen LogP) is 2.64. The average Bonchev–Trinajstić information content (AvgIpc) is 2.99. The summed E-state index contributed by atoms with van der Waals surface area (Å²) >= 11 is 1.75. The molecule has 1 aliphatic rings. The smallest absolute Gasteiger partial charge is 0.328 e. The van der Waals surface area contributed by atoms with Gasteiger partial charge in [-0.3, -0.25) is 4.79 Å². The topological polar surface area (TPSA) is 57.6 Å². The number of aliphatic carboxylic acids is 1. The lowest BCUT2D eigenvalue weighted by Crippen LogP contribution is -2.33. The Bertz CT molecular complexity index is 533. The van der Waals surface area contributed by atoms with Gasteiger partial charge in [-0.25, -0.2) is 4.79 Å². The molecule has 1 N–H and O–H groups in total. The van der Waals surface area contributed by atoms with Crippen LogP contribution in [0, 0.1) is 0 Å². The fourth-order valence-electron chi connectivity index (χ4n) is 2.27. The van der Waals surface area contributed by atoms with Crippen LogP contribution in [-0.4, -0.2) is 39.9 Å². The van der Waals surface area contributed by atoms with Crippen LogP contribution >= 0.6 is 11.8 Å². The minimum Gasteiger partial charge on any atom is -0.478 e. The largest absolute Gasteiger partial charge is 0.478 e. The van der Waals surface area contributed by atoms with Gasteiger partial charge in [0.05, 0.1) is 5.25 Å². The Morgan fingerprint density at radius 1 is 1.38 bits per heavy atom. The van der Waals surface area contributed by atoms with Crippen LogP contribution in [-0.2, 0) is 16.1 Å². The van der Waals surface area contributed by atoms with Crippen molar-refractivity contribution in [2.24, 2.45) is 0 Å². The summed E-state index contributed by atoms with van der Waals surface area (Å²) in [6, 6.07) is 7.56. The molecule has 2 rings (SSSR count). The standard InChI is InChI=1S/C16H19NO3S/c1-17(16(20)14-3-2-10-21-14)11-13-6-4-12(5-7-13)8-9-15(18)19/h4-9,14H,2-3,10-11H2,1H3,(H,18,19). The highest BCUT2D eigenvalue weighted by Crippen LogP contribution is 2.27. The fraction of sp³-hybridized carbons (Fsp3) is 0.375. The minimum absolute atomic E-state index is 0.118. The number of amides is 1. The van der Waals surface area contributed by atoms with E-state index in [0.717, 1.165) is 35.8 Å². The van der Waals surface area contributed by atoms with E-state index in [4.69, 9.17) is 5.11 Å². The number of carboxylic acid groups (broad SMARTS) is 1. The van der Waals surface area contributed by atoms with Gasteiger partial charge in [0.2, 0.25) is 5.91 Å². The normalized spacial score (nSPS) is 18.0. The molecular weight excluding hydrogens is 286 g/mol. The van der Waals surface area contributed by atoms with Gasteiger partial charge in [0.1, 0.15) is 0 Å². The summed E-state index contributed by atoms with van der Waals surface area (Å²) in [6.45, 7) is 0.582. The van der Waals surface area contributed by atoms with Gasteiger partial charge in [0.15, 0.2) is 0 Å². The molecule has 0 spiro atoms. The number of rotatable bonds is 5. The van der Waals surface area contributed by atoms with Crippen molar-refractivity contribution in [3.8, 4) is 0 Å². The van der Waals surface area contributed by atoms with Crippen molar-refractivity contribution in [2.45, 2.75) is 24.6 Å². The Balaban J connectivity index is 1.93.